The van der Waals surface area contributed by atoms with Gasteiger partial charge in [-0.3, -0.25) is 9.59 Å². The quantitative estimate of drug-likeness (QED) is 0.343. The summed E-state index contributed by atoms with van der Waals surface area (Å²) >= 11 is 0. The largest absolute Gasteiger partial charge is 0.507 e. The van der Waals surface area contributed by atoms with Gasteiger partial charge in [0, 0.05) is 17.5 Å². The van der Waals surface area contributed by atoms with Gasteiger partial charge in [-0.15, -0.1) is 0 Å². The molecule has 4 aromatic rings. The molecule has 0 amide bonds. The molecule has 0 aliphatic carbocycles. The lowest BCUT2D eigenvalue weighted by atomic mass is 9.84. The Morgan fingerprint density at radius 3 is 2.41 bits per heavy atom. The van der Waals surface area contributed by atoms with Gasteiger partial charge in [0.25, 0.3) is 0 Å². The number of ether oxygens (including phenoxy) is 2. The molecule has 3 aromatic carbocycles. The first-order chi connectivity index (χ1) is 16.4. The maximum Gasteiger partial charge on any atom is 0.335 e. The van der Waals surface area contributed by atoms with E-state index in [0.717, 1.165) is 0 Å². The highest BCUT2D eigenvalue weighted by Crippen LogP contribution is 2.45. The van der Waals surface area contributed by atoms with Crippen LogP contribution >= 0.6 is 0 Å². The fourth-order valence-electron chi connectivity index (χ4n) is 4.24. The van der Waals surface area contributed by atoms with E-state index in [-0.39, 0.29) is 40.0 Å². The van der Waals surface area contributed by atoms with E-state index in [1.165, 1.54) is 24.5 Å². The van der Waals surface area contributed by atoms with Crippen molar-refractivity contribution < 1.29 is 33.7 Å². The minimum absolute atomic E-state index is 0.0304. The molecule has 1 aromatic heterocycles. The Balaban J connectivity index is 1.71. The van der Waals surface area contributed by atoms with Crippen LogP contribution in [0.1, 0.15) is 33.8 Å². The second kappa shape index (κ2) is 8.08. The summed E-state index contributed by atoms with van der Waals surface area (Å²) in [7, 11) is 1.54. The number of carbonyl (C=O) groups excluding carboxylic acids is 1. The topological polar surface area (TPSA) is 123 Å². The summed E-state index contributed by atoms with van der Waals surface area (Å²) in [4.78, 5) is 36.9. The zero-order valence-electron chi connectivity index (χ0n) is 17.9. The van der Waals surface area contributed by atoms with Crippen molar-refractivity contribution in [2.24, 2.45) is 0 Å². The van der Waals surface area contributed by atoms with E-state index >= 15 is 0 Å². The molecule has 0 spiro atoms. The lowest BCUT2D eigenvalue weighted by molar-refractivity contribution is -0.135. The maximum atomic E-state index is 13.4. The number of phenolic OH excluding ortho intramolecular Hbond substituents is 1. The minimum Gasteiger partial charge on any atom is -0.507 e. The van der Waals surface area contributed by atoms with Gasteiger partial charge in [0.2, 0.25) is 5.43 Å². The molecule has 0 fully saturated rings. The summed E-state index contributed by atoms with van der Waals surface area (Å²) in [6.07, 6.45) is 1.27. The Labute approximate surface area is 192 Å². The van der Waals surface area contributed by atoms with Gasteiger partial charge in [-0.2, -0.15) is 0 Å². The van der Waals surface area contributed by atoms with Crippen molar-refractivity contribution in [1.82, 2.24) is 0 Å². The average molecular weight is 458 g/mol. The van der Waals surface area contributed by atoms with E-state index in [9.17, 15) is 24.6 Å². The van der Waals surface area contributed by atoms with Crippen LogP contribution in [0.3, 0.4) is 0 Å². The van der Waals surface area contributed by atoms with Crippen LogP contribution < -0.4 is 14.9 Å². The van der Waals surface area contributed by atoms with Gasteiger partial charge in [0.05, 0.1) is 24.7 Å². The van der Waals surface area contributed by atoms with Gasteiger partial charge in [-0.25, -0.2) is 4.79 Å². The van der Waals surface area contributed by atoms with Crippen LogP contribution in [0.5, 0.6) is 17.2 Å². The molecule has 1 aliphatic rings. The van der Waals surface area contributed by atoms with Crippen LogP contribution in [0.2, 0.25) is 0 Å². The molecule has 1 atom stereocenters. The Hall–Kier alpha value is -4.59. The number of aromatic hydroxyl groups is 1. The molecular formula is C26H18O8. The Bertz CT molecular complexity index is 1500. The normalized spacial score (nSPS) is 15.0. The van der Waals surface area contributed by atoms with Crippen molar-refractivity contribution in [2.75, 3.05) is 7.11 Å². The van der Waals surface area contributed by atoms with Crippen LogP contribution in [0, 0.1) is 0 Å². The molecule has 2 heterocycles. The van der Waals surface area contributed by atoms with Crippen molar-refractivity contribution in [2.45, 2.75) is 12.3 Å². The molecule has 0 radical (unpaired) electrons. The van der Waals surface area contributed by atoms with E-state index in [4.69, 9.17) is 13.9 Å². The van der Waals surface area contributed by atoms with Gasteiger partial charge >= 0.3 is 11.9 Å². The van der Waals surface area contributed by atoms with Crippen molar-refractivity contribution in [3.05, 3.63) is 87.8 Å². The SMILES string of the molecule is COc1ccc(-c2coc3c4c(cc(O)c3c2=O)OC(=O)C[C@@H]4c2ccc(C(=O)O)cc2)cc1. The standard InChI is InChI=1S/C26H18O8/c1-32-16-8-6-14(7-9-16)18-12-33-25-22-17(13-2-4-15(5-3-13)26(30)31)10-21(28)34-20(22)11-19(27)23(25)24(18)29/h2-9,11-12,17,27H,10H2,1H3,(H,30,31)/t17-/m1/s1. The van der Waals surface area contributed by atoms with Gasteiger partial charge in [-0.05, 0) is 35.4 Å². The number of carboxylic acids is 1. The molecule has 8 nitrogen and oxygen atoms in total. The summed E-state index contributed by atoms with van der Waals surface area (Å²) in [5, 5.41) is 19.8. The molecule has 0 bridgehead atoms. The number of fused-ring (bicyclic) bond motifs is 3. The molecule has 2 N–H and O–H groups in total. The number of phenols is 1. The second-order valence-corrected chi connectivity index (χ2v) is 7.88. The number of methoxy groups -OCH3 is 1. The molecule has 1 aliphatic heterocycles. The highest BCUT2D eigenvalue weighted by atomic mass is 16.5. The predicted molar refractivity (Wildman–Crippen MR) is 122 cm³/mol. The number of carboxylic acid groups (broad SMARTS) is 1. The first-order valence-corrected chi connectivity index (χ1v) is 10.4. The molecule has 0 saturated carbocycles. The average Bonchev–Trinajstić information content (AvgIpc) is 2.83. The zero-order valence-corrected chi connectivity index (χ0v) is 17.9. The number of esters is 1. The van der Waals surface area contributed by atoms with E-state index < -0.39 is 23.3 Å². The third-order valence-electron chi connectivity index (χ3n) is 5.93. The lowest BCUT2D eigenvalue weighted by Crippen LogP contribution is -2.22. The van der Waals surface area contributed by atoms with Crippen molar-refractivity contribution in [3.8, 4) is 28.4 Å². The zero-order chi connectivity index (χ0) is 24.0. The third-order valence-corrected chi connectivity index (χ3v) is 5.93. The first-order valence-electron chi connectivity index (χ1n) is 10.4. The number of rotatable bonds is 4. The molecule has 5 rings (SSSR count). The Kier molecular flexibility index (Phi) is 5.05. The van der Waals surface area contributed by atoms with Crippen molar-refractivity contribution in [3.63, 3.8) is 0 Å². The third kappa shape index (κ3) is 3.45. The fourth-order valence-corrected chi connectivity index (χ4v) is 4.24. The summed E-state index contributed by atoms with van der Waals surface area (Å²) in [6, 6.07) is 14.2. The summed E-state index contributed by atoms with van der Waals surface area (Å²) < 4.78 is 16.4. The highest BCUT2D eigenvalue weighted by Gasteiger charge is 2.33. The summed E-state index contributed by atoms with van der Waals surface area (Å²) in [5.41, 5.74) is 1.70. The number of carbonyl (C=O) groups is 2. The Morgan fingerprint density at radius 2 is 1.76 bits per heavy atom. The molecule has 8 heteroatoms. The monoisotopic (exact) mass is 458 g/mol. The van der Waals surface area contributed by atoms with E-state index in [2.05, 4.69) is 0 Å². The molecule has 34 heavy (non-hydrogen) atoms. The van der Waals surface area contributed by atoms with Gasteiger partial charge < -0.3 is 24.1 Å². The predicted octanol–water partition coefficient (Wildman–Crippen LogP) is 4.31. The second-order valence-electron chi connectivity index (χ2n) is 7.88. The molecule has 170 valence electrons. The minimum atomic E-state index is -1.07. The van der Waals surface area contributed by atoms with Crippen molar-refractivity contribution in [1.29, 1.82) is 0 Å². The van der Waals surface area contributed by atoms with Crippen LogP contribution in [0.4, 0.5) is 0 Å². The number of benzene rings is 3. The van der Waals surface area contributed by atoms with Gasteiger partial charge in [0.15, 0.2) is 0 Å². The van der Waals surface area contributed by atoms with E-state index in [1.807, 2.05) is 0 Å². The Morgan fingerprint density at radius 1 is 1.06 bits per heavy atom. The van der Waals surface area contributed by atoms with E-state index in [1.54, 1.807) is 43.5 Å². The highest BCUT2D eigenvalue weighted by molar-refractivity contribution is 5.94. The lowest BCUT2D eigenvalue weighted by Gasteiger charge is -2.26. The maximum absolute atomic E-state index is 13.4. The van der Waals surface area contributed by atoms with Crippen molar-refractivity contribution >= 4 is 22.9 Å². The number of hydrogen-bond donors (Lipinski definition) is 2. The van der Waals surface area contributed by atoms with Gasteiger partial charge in [-0.1, -0.05) is 24.3 Å². The fraction of sp³-hybridized carbons (Fsp3) is 0.115. The van der Waals surface area contributed by atoms with Gasteiger partial charge in [0.1, 0.15) is 34.5 Å². The number of aromatic carboxylic acids is 1. The number of hydrogen-bond acceptors (Lipinski definition) is 7. The van der Waals surface area contributed by atoms with Crippen LogP contribution in [0.15, 0.2) is 70.1 Å². The first kappa shape index (κ1) is 21.3. The molecule has 0 unspecified atom stereocenters. The smallest absolute Gasteiger partial charge is 0.335 e. The summed E-state index contributed by atoms with van der Waals surface area (Å²) in [6.45, 7) is 0. The van der Waals surface area contributed by atoms with Crippen LogP contribution in [-0.4, -0.2) is 29.3 Å². The van der Waals surface area contributed by atoms with Crippen LogP contribution in [-0.2, 0) is 4.79 Å². The molecular weight excluding hydrogens is 440 g/mol. The van der Waals surface area contributed by atoms with Crippen LogP contribution in [0.25, 0.3) is 22.1 Å². The van der Waals surface area contributed by atoms with E-state index in [0.29, 0.717) is 22.4 Å². The summed E-state index contributed by atoms with van der Waals surface area (Å²) in [5.74, 6) is -1.79. The molecule has 0 saturated heterocycles.